The molecule has 0 aliphatic rings. The molecule has 0 heterocycles. The summed E-state index contributed by atoms with van der Waals surface area (Å²) < 4.78 is 11.5. The Bertz CT molecular complexity index is 638. The SMILES string of the molecule is COc1cc(Cl)cc(CNCCCCCO)c1OCc1ccccc1.Cl. The fraction of sp³-hybridized carbons (Fsp3) is 0.400. The third kappa shape index (κ3) is 7.42. The Labute approximate surface area is 166 Å². The zero-order valence-electron chi connectivity index (χ0n) is 15.0. The number of methoxy groups -OCH3 is 1. The van der Waals surface area contributed by atoms with Gasteiger partial charge in [-0.25, -0.2) is 0 Å². The minimum Gasteiger partial charge on any atom is -0.493 e. The largest absolute Gasteiger partial charge is 0.493 e. The van der Waals surface area contributed by atoms with Gasteiger partial charge in [0.1, 0.15) is 6.61 Å². The maximum Gasteiger partial charge on any atom is 0.166 e. The Kier molecular flexibility index (Phi) is 11.1. The van der Waals surface area contributed by atoms with Crippen molar-refractivity contribution >= 4 is 24.0 Å². The molecule has 0 atom stereocenters. The van der Waals surface area contributed by atoms with E-state index < -0.39 is 0 Å². The Hall–Kier alpha value is -1.46. The first kappa shape index (κ1) is 22.6. The summed E-state index contributed by atoms with van der Waals surface area (Å²) in [6.45, 7) is 2.26. The van der Waals surface area contributed by atoms with Crippen molar-refractivity contribution in [3.63, 3.8) is 0 Å². The van der Waals surface area contributed by atoms with Crippen LogP contribution in [-0.4, -0.2) is 25.4 Å². The van der Waals surface area contributed by atoms with E-state index in [1.165, 1.54) is 0 Å². The lowest BCUT2D eigenvalue weighted by molar-refractivity contribution is 0.280. The van der Waals surface area contributed by atoms with Gasteiger partial charge in [-0.2, -0.15) is 0 Å². The molecular formula is C20H27Cl2NO3. The monoisotopic (exact) mass is 399 g/mol. The highest BCUT2D eigenvalue weighted by atomic mass is 35.5. The molecule has 6 heteroatoms. The lowest BCUT2D eigenvalue weighted by atomic mass is 10.1. The molecule has 0 aliphatic heterocycles. The van der Waals surface area contributed by atoms with Crippen LogP contribution in [-0.2, 0) is 13.2 Å². The molecule has 2 aromatic rings. The van der Waals surface area contributed by atoms with Crippen LogP contribution in [0.1, 0.15) is 30.4 Å². The first-order valence-corrected chi connectivity index (χ1v) is 8.97. The van der Waals surface area contributed by atoms with Crippen LogP contribution in [0.25, 0.3) is 0 Å². The van der Waals surface area contributed by atoms with E-state index in [0.29, 0.717) is 23.9 Å². The number of hydrogen-bond acceptors (Lipinski definition) is 4. The molecule has 0 bridgehead atoms. The van der Waals surface area contributed by atoms with Gasteiger partial charge in [0.05, 0.1) is 7.11 Å². The van der Waals surface area contributed by atoms with E-state index in [-0.39, 0.29) is 19.0 Å². The summed E-state index contributed by atoms with van der Waals surface area (Å²) in [6, 6.07) is 13.7. The van der Waals surface area contributed by atoms with E-state index in [1.54, 1.807) is 13.2 Å². The highest BCUT2D eigenvalue weighted by Crippen LogP contribution is 2.35. The highest BCUT2D eigenvalue weighted by molar-refractivity contribution is 6.30. The molecule has 0 fully saturated rings. The third-order valence-corrected chi connectivity index (χ3v) is 4.09. The minimum absolute atomic E-state index is 0. The number of ether oxygens (including phenoxy) is 2. The van der Waals surface area contributed by atoms with E-state index in [2.05, 4.69) is 5.32 Å². The van der Waals surface area contributed by atoms with Gasteiger partial charge >= 0.3 is 0 Å². The zero-order chi connectivity index (χ0) is 17.9. The number of nitrogens with one attached hydrogen (secondary N) is 1. The van der Waals surface area contributed by atoms with Gasteiger partial charge < -0.3 is 19.9 Å². The van der Waals surface area contributed by atoms with Crippen molar-refractivity contribution in [2.24, 2.45) is 0 Å². The topological polar surface area (TPSA) is 50.7 Å². The van der Waals surface area contributed by atoms with E-state index in [4.69, 9.17) is 26.2 Å². The van der Waals surface area contributed by atoms with Crippen LogP contribution in [0.3, 0.4) is 0 Å². The molecule has 0 aliphatic carbocycles. The molecule has 4 nitrogen and oxygen atoms in total. The van der Waals surface area contributed by atoms with Crippen molar-refractivity contribution in [2.45, 2.75) is 32.4 Å². The summed E-state index contributed by atoms with van der Waals surface area (Å²) in [5.41, 5.74) is 2.07. The van der Waals surface area contributed by atoms with Gasteiger partial charge in [-0.1, -0.05) is 41.9 Å². The van der Waals surface area contributed by atoms with Crippen molar-refractivity contribution in [1.29, 1.82) is 0 Å². The molecule has 144 valence electrons. The smallest absolute Gasteiger partial charge is 0.166 e. The summed E-state index contributed by atoms with van der Waals surface area (Å²) >= 11 is 6.21. The number of rotatable bonds is 11. The number of unbranched alkanes of at least 4 members (excludes halogenated alkanes) is 2. The molecule has 0 spiro atoms. The van der Waals surface area contributed by atoms with Gasteiger partial charge in [0, 0.05) is 29.8 Å². The minimum atomic E-state index is 0. The van der Waals surface area contributed by atoms with Crippen molar-refractivity contribution in [1.82, 2.24) is 5.32 Å². The number of halogens is 2. The van der Waals surface area contributed by atoms with Crippen molar-refractivity contribution in [3.8, 4) is 11.5 Å². The molecule has 0 saturated heterocycles. The van der Waals surface area contributed by atoms with Crippen molar-refractivity contribution in [2.75, 3.05) is 20.3 Å². The number of aliphatic hydroxyl groups excluding tert-OH is 1. The number of benzene rings is 2. The van der Waals surface area contributed by atoms with Crippen LogP contribution in [0.4, 0.5) is 0 Å². The average molecular weight is 400 g/mol. The zero-order valence-corrected chi connectivity index (χ0v) is 16.6. The molecule has 2 N–H and O–H groups in total. The van der Waals surface area contributed by atoms with E-state index >= 15 is 0 Å². The maximum atomic E-state index is 8.81. The molecule has 2 rings (SSSR count). The predicted octanol–water partition coefficient (Wildman–Crippen LogP) is 4.60. The fourth-order valence-electron chi connectivity index (χ4n) is 2.56. The van der Waals surface area contributed by atoms with Crippen LogP contribution >= 0.6 is 24.0 Å². The summed E-state index contributed by atoms with van der Waals surface area (Å²) in [5.74, 6) is 1.36. The van der Waals surface area contributed by atoms with Gasteiger partial charge in [0.15, 0.2) is 11.5 Å². The van der Waals surface area contributed by atoms with Crippen molar-refractivity contribution in [3.05, 3.63) is 58.6 Å². The molecule has 26 heavy (non-hydrogen) atoms. The summed E-state index contributed by atoms with van der Waals surface area (Å²) in [7, 11) is 1.62. The second-order valence-corrected chi connectivity index (χ2v) is 6.27. The van der Waals surface area contributed by atoms with E-state index in [0.717, 1.165) is 42.7 Å². The highest BCUT2D eigenvalue weighted by Gasteiger charge is 2.13. The molecule has 2 aromatic carbocycles. The van der Waals surface area contributed by atoms with Gasteiger partial charge in [0.2, 0.25) is 0 Å². The maximum absolute atomic E-state index is 8.81. The Balaban J connectivity index is 0.00000338. The average Bonchev–Trinajstić information content (AvgIpc) is 2.64. The normalized spacial score (nSPS) is 10.3. The predicted molar refractivity (Wildman–Crippen MR) is 109 cm³/mol. The van der Waals surface area contributed by atoms with Crippen LogP contribution in [0.2, 0.25) is 5.02 Å². The van der Waals surface area contributed by atoms with Gasteiger partial charge in [0.25, 0.3) is 0 Å². The summed E-state index contributed by atoms with van der Waals surface area (Å²) in [5, 5.41) is 12.8. The standard InChI is InChI=1S/C20H26ClNO3.ClH/c1-24-19-13-18(21)12-17(14-22-10-6-3-7-11-23)20(19)25-15-16-8-4-2-5-9-16;/h2,4-5,8-9,12-13,22-23H,3,6-7,10-11,14-15H2,1H3;1H. The van der Waals surface area contributed by atoms with Gasteiger partial charge in [-0.3, -0.25) is 0 Å². The lowest BCUT2D eigenvalue weighted by Crippen LogP contribution is -2.16. The van der Waals surface area contributed by atoms with Crippen LogP contribution in [0.15, 0.2) is 42.5 Å². The van der Waals surface area contributed by atoms with Gasteiger partial charge in [-0.05, 0) is 37.4 Å². The quantitative estimate of drug-likeness (QED) is 0.542. The van der Waals surface area contributed by atoms with Crippen molar-refractivity contribution < 1.29 is 14.6 Å². The number of aliphatic hydroxyl groups is 1. The summed E-state index contributed by atoms with van der Waals surface area (Å²) in [4.78, 5) is 0. The molecule has 0 aromatic heterocycles. The Morgan fingerprint density at radius 3 is 2.54 bits per heavy atom. The van der Waals surface area contributed by atoms with Crippen LogP contribution in [0, 0.1) is 0 Å². The fourth-order valence-corrected chi connectivity index (χ4v) is 2.79. The number of hydrogen-bond donors (Lipinski definition) is 2. The van der Waals surface area contributed by atoms with E-state index in [1.807, 2.05) is 36.4 Å². The molecule has 0 amide bonds. The Morgan fingerprint density at radius 2 is 1.85 bits per heavy atom. The first-order valence-electron chi connectivity index (χ1n) is 8.59. The second-order valence-electron chi connectivity index (χ2n) is 5.83. The molecule has 0 radical (unpaired) electrons. The second kappa shape index (κ2) is 12.8. The Morgan fingerprint density at radius 1 is 1.08 bits per heavy atom. The molecule has 0 saturated carbocycles. The van der Waals surface area contributed by atoms with Crippen LogP contribution < -0.4 is 14.8 Å². The molecule has 0 unspecified atom stereocenters. The van der Waals surface area contributed by atoms with Crippen LogP contribution in [0.5, 0.6) is 11.5 Å². The summed E-state index contributed by atoms with van der Waals surface area (Å²) in [6.07, 6.45) is 2.89. The molecular weight excluding hydrogens is 373 g/mol. The van der Waals surface area contributed by atoms with E-state index in [9.17, 15) is 0 Å². The lowest BCUT2D eigenvalue weighted by Gasteiger charge is -2.16. The third-order valence-electron chi connectivity index (χ3n) is 3.87. The first-order chi connectivity index (χ1) is 12.2. The van der Waals surface area contributed by atoms with Gasteiger partial charge in [-0.15, -0.1) is 12.4 Å².